The summed E-state index contributed by atoms with van der Waals surface area (Å²) in [7, 11) is 0. The smallest absolute Gasteiger partial charge is 0.254 e. The fraction of sp³-hybridized carbons (Fsp3) is 0.462. The average Bonchev–Trinajstić information content (AvgIpc) is 2.33. The zero-order valence-corrected chi connectivity index (χ0v) is 11.6. The van der Waals surface area contributed by atoms with E-state index < -0.39 is 0 Å². The number of hydrogen-bond acceptors (Lipinski definition) is 2. The molecule has 2 rings (SSSR count). The highest BCUT2D eigenvalue weighted by molar-refractivity contribution is 9.10. The summed E-state index contributed by atoms with van der Waals surface area (Å²) in [4.78, 5) is 14.2. The van der Waals surface area contributed by atoms with Crippen LogP contribution in [0.1, 0.15) is 24.2 Å². The molecule has 17 heavy (non-hydrogen) atoms. The van der Waals surface area contributed by atoms with Crippen molar-refractivity contribution in [2.24, 2.45) is 0 Å². The molecule has 0 bridgehead atoms. The Morgan fingerprint density at radius 3 is 2.65 bits per heavy atom. The van der Waals surface area contributed by atoms with Gasteiger partial charge in [0.15, 0.2) is 0 Å². The number of morpholine rings is 1. The van der Waals surface area contributed by atoms with Crippen LogP contribution in [-0.4, -0.2) is 36.1 Å². The Balaban J connectivity index is 2.16. The van der Waals surface area contributed by atoms with Gasteiger partial charge in [-0.1, -0.05) is 15.9 Å². The number of halogens is 1. The summed E-state index contributed by atoms with van der Waals surface area (Å²) in [5, 5.41) is 0. The molecule has 0 N–H and O–H groups in total. The van der Waals surface area contributed by atoms with Gasteiger partial charge in [-0.25, -0.2) is 0 Å². The van der Waals surface area contributed by atoms with Gasteiger partial charge in [0.25, 0.3) is 5.91 Å². The lowest BCUT2D eigenvalue weighted by atomic mass is 10.1. The van der Waals surface area contributed by atoms with Crippen LogP contribution in [0.15, 0.2) is 28.7 Å². The number of ether oxygens (including phenoxy) is 1. The Bertz CT molecular complexity index is 404. The molecule has 0 radical (unpaired) electrons. The molecule has 0 saturated carbocycles. The van der Waals surface area contributed by atoms with E-state index in [1.165, 1.54) is 0 Å². The van der Waals surface area contributed by atoms with Gasteiger partial charge in [0, 0.05) is 16.6 Å². The van der Waals surface area contributed by atoms with Crippen LogP contribution in [0.5, 0.6) is 0 Å². The zero-order valence-electron chi connectivity index (χ0n) is 10.0. The highest BCUT2D eigenvalue weighted by Gasteiger charge is 2.29. The molecule has 1 amide bonds. The Kier molecular flexibility index (Phi) is 3.84. The molecule has 92 valence electrons. The van der Waals surface area contributed by atoms with E-state index in [0.717, 1.165) is 10.0 Å². The molecule has 1 fully saturated rings. The van der Waals surface area contributed by atoms with Crippen molar-refractivity contribution in [2.45, 2.75) is 26.0 Å². The van der Waals surface area contributed by atoms with E-state index in [4.69, 9.17) is 4.74 Å². The van der Waals surface area contributed by atoms with Gasteiger partial charge in [0.2, 0.25) is 0 Å². The molecule has 1 saturated heterocycles. The van der Waals surface area contributed by atoms with Crippen LogP contribution in [0.4, 0.5) is 0 Å². The molecule has 3 nitrogen and oxygen atoms in total. The molecule has 1 aliphatic heterocycles. The normalized spacial score (nSPS) is 24.8. The van der Waals surface area contributed by atoms with Gasteiger partial charge >= 0.3 is 0 Å². The molecular weight excluding hydrogens is 282 g/mol. The van der Waals surface area contributed by atoms with Crippen molar-refractivity contribution < 1.29 is 9.53 Å². The standard InChI is InChI=1S/C13H16BrNO2/c1-9-10(2)17-8-7-15(9)13(16)11-3-5-12(14)6-4-11/h3-6,9-10H,7-8H2,1-2H3. The summed E-state index contributed by atoms with van der Waals surface area (Å²) in [6, 6.07) is 7.60. The van der Waals surface area contributed by atoms with Crippen molar-refractivity contribution in [2.75, 3.05) is 13.2 Å². The van der Waals surface area contributed by atoms with Crippen LogP contribution < -0.4 is 0 Å². The van der Waals surface area contributed by atoms with Crippen molar-refractivity contribution in [3.05, 3.63) is 34.3 Å². The molecule has 0 aliphatic carbocycles. The number of benzene rings is 1. The predicted molar refractivity (Wildman–Crippen MR) is 70.1 cm³/mol. The number of nitrogens with zero attached hydrogens (tertiary/aromatic N) is 1. The second-order valence-corrected chi connectivity index (χ2v) is 5.24. The van der Waals surface area contributed by atoms with E-state index in [0.29, 0.717) is 13.2 Å². The van der Waals surface area contributed by atoms with Gasteiger partial charge in [-0.05, 0) is 38.1 Å². The van der Waals surface area contributed by atoms with Gasteiger partial charge in [0.1, 0.15) is 0 Å². The number of carbonyl (C=O) groups is 1. The first-order valence-corrected chi connectivity index (χ1v) is 6.57. The molecule has 4 heteroatoms. The molecule has 0 aromatic heterocycles. The number of hydrogen-bond donors (Lipinski definition) is 0. The fourth-order valence-electron chi connectivity index (χ4n) is 1.98. The predicted octanol–water partition coefficient (Wildman–Crippen LogP) is 2.70. The molecule has 2 unspecified atom stereocenters. The first-order chi connectivity index (χ1) is 8.09. The van der Waals surface area contributed by atoms with Crippen LogP contribution >= 0.6 is 15.9 Å². The summed E-state index contributed by atoms with van der Waals surface area (Å²) < 4.78 is 6.51. The van der Waals surface area contributed by atoms with Gasteiger partial charge in [-0.15, -0.1) is 0 Å². The zero-order chi connectivity index (χ0) is 12.4. The van der Waals surface area contributed by atoms with Crippen LogP contribution in [0.2, 0.25) is 0 Å². The Labute approximate surface area is 110 Å². The van der Waals surface area contributed by atoms with E-state index in [-0.39, 0.29) is 18.1 Å². The lowest BCUT2D eigenvalue weighted by molar-refractivity contribution is -0.0440. The van der Waals surface area contributed by atoms with Crippen molar-refractivity contribution in [1.29, 1.82) is 0 Å². The molecule has 1 aliphatic rings. The van der Waals surface area contributed by atoms with E-state index >= 15 is 0 Å². The van der Waals surface area contributed by atoms with Crippen molar-refractivity contribution in [1.82, 2.24) is 4.90 Å². The van der Waals surface area contributed by atoms with Crippen molar-refractivity contribution in [3.8, 4) is 0 Å². The quantitative estimate of drug-likeness (QED) is 0.798. The first-order valence-electron chi connectivity index (χ1n) is 5.77. The minimum Gasteiger partial charge on any atom is -0.375 e. The van der Waals surface area contributed by atoms with Crippen LogP contribution in [-0.2, 0) is 4.74 Å². The molecule has 2 atom stereocenters. The maximum absolute atomic E-state index is 12.3. The summed E-state index contributed by atoms with van der Waals surface area (Å²) in [6.07, 6.45) is 0.100. The number of carbonyl (C=O) groups excluding carboxylic acids is 1. The third-order valence-corrected chi connectivity index (χ3v) is 3.76. The van der Waals surface area contributed by atoms with E-state index in [2.05, 4.69) is 15.9 Å². The topological polar surface area (TPSA) is 29.5 Å². The van der Waals surface area contributed by atoms with Crippen LogP contribution in [0, 0.1) is 0 Å². The van der Waals surface area contributed by atoms with Crippen LogP contribution in [0.3, 0.4) is 0 Å². The van der Waals surface area contributed by atoms with E-state index in [9.17, 15) is 4.79 Å². The van der Waals surface area contributed by atoms with Crippen LogP contribution in [0.25, 0.3) is 0 Å². The molecule has 1 aromatic rings. The highest BCUT2D eigenvalue weighted by Crippen LogP contribution is 2.18. The van der Waals surface area contributed by atoms with Gasteiger partial charge in [-0.2, -0.15) is 0 Å². The highest BCUT2D eigenvalue weighted by atomic mass is 79.9. The Morgan fingerprint density at radius 2 is 2.00 bits per heavy atom. The number of amides is 1. The van der Waals surface area contributed by atoms with Gasteiger partial charge in [-0.3, -0.25) is 4.79 Å². The maximum atomic E-state index is 12.3. The fourth-order valence-corrected chi connectivity index (χ4v) is 2.24. The number of rotatable bonds is 1. The summed E-state index contributed by atoms with van der Waals surface area (Å²) in [6.45, 7) is 5.32. The largest absolute Gasteiger partial charge is 0.375 e. The maximum Gasteiger partial charge on any atom is 0.254 e. The molecule has 1 heterocycles. The Hall–Kier alpha value is -0.870. The molecular formula is C13H16BrNO2. The summed E-state index contributed by atoms with van der Waals surface area (Å²) in [5.41, 5.74) is 0.731. The third kappa shape index (κ3) is 2.69. The second-order valence-electron chi connectivity index (χ2n) is 4.32. The van der Waals surface area contributed by atoms with E-state index in [1.807, 2.05) is 43.0 Å². The Morgan fingerprint density at radius 1 is 1.35 bits per heavy atom. The lowest BCUT2D eigenvalue weighted by Crippen LogP contribution is -2.51. The SMILES string of the molecule is CC1OCCN(C(=O)c2ccc(Br)cc2)C1C. The first kappa shape index (κ1) is 12.6. The minimum absolute atomic E-state index is 0.0835. The average molecular weight is 298 g/mol. The second kappa shape index (κ2) is 5.19. The van der Waals surface area contributed by atoms with Crippen molar-refractivity contribution in [3.63, 3.8) is 0 Å². The summed E-state index contributed by atoms with van der Waals surface area (Å²) >= 11 is 3.37. The minimum atomic E-state index is 0.0835. The van der Waals surface area contributed by atoms with Gasteiger partial charge < -0.3 is 9.64 Å². The molecule has 0 spiro atoms. The van der Waals surface area contributed by atoms with Crippen molar-refractivity contribution >= 4 is 21.8 Å². The van der Waals surface area contributed by atoms with E-state index in [1.54, 1.807) is 0 Å². The summed E-state index contributed by atoms with van der Waals surface area (Å²) in [5.74, 6) is 0.0835. The third-order valence-electron chi connectivity index (χ3n) is 3.24. The monoisotopic (exact) mass is 297 g/mol. The van der Waals surface area contributed by atoms with Gasteiger partial charge in [0.05, 0.1) is 18.8 Å². The lowest BCUT2D eigenvalue weighted by Gasteiger charge is -2.37. The molecule has 1 aromatic carbocycles.